The van der Waals surface area contributed by atoms with Gasteiger partial charge < -0.3 is 5.73 Å². The van der Waals surface area contributed by atoms with E-state index in [1.54, 1.807) is 6.08 Å². The fourth-order valence-corrected chi connectivity index (χ4v) is 0.928. The van der Waals surface area contributed by atoms with E-state index >= 15 is 0 Å². The highest BCUT2D eigenvalue weighted by Gasteiger charge is 1.97. The molecule has 1 aromatic heterocycles. The third kappa shape index (κ3) is 2.39. The molecule has 0 fully saturated rings. The van der Waals surface area contributed by atoms with Crippen LogP contribution in [-0.4, -0.2) is 15.7 Å². The molecule has 64 valence electrons. The van der Waals surface area contributed by atoms with Crippen LogP contribution in [0.4, 0.5) is 5.82 Å². The van der Waals surface area contributed by atoms with Crippen LogP contribution in [0.2, 0.25) is 5.15 Å². The van der Waals surface area contributed by atoms with Crippen LogP contribution >= 0.6 is 24.2 Å². The number of nitrogens with zero attached hydrogens (tertiary/aromatic N) is 2. The molecule has 5 heteroatoms. The predicted molar refractivity (Wildman–Crippen MR) is 54.3 cm³/mol. The van der Waals surface area contributed by atoms with E-state index in [0.717, 1.165) is 0 Å². The number of thiol groups is 1. The van der Waals surface area contributed by atoms with Gasteiger partial charge in [0, 0.05) is 5.75 Å². The Labute approximate surface area is 81.1 Å². The van der Waals surface area contributed by atoms with Gasteiger partial charge in [-0.2, -0.15) is 12.6 Å². The molecule has 0 bridgehead atoms. The largest absolute Gasteiger partial charge is 0.382 e. The van der Waals surface area contributed by atoms with Gasteiger partial charge in [-0.15, -0.1) is 0 Å². The zero-order valence-electron chi connectivity index (χ0n) is 6.24. The summed E-state index contributed by atoms with van der Waals surface area (Å²) in [6.45, 7) is 0. The van der Waals surface area contributed by atoms with Crippen molar-refractivity contribution < 1.29 is 0 Å². The number of halogens is 1. The molecule has 12 heavy (non-hydrogen) atoms. The predicted octanol–water partition coefficient (Wildman–Crippen LogP) is 1.66. The van der Waals surface area contributed by atoms with Gasteiger partial charge in [0.25, 0.3) is 0 Å². The van der Waals surface area contributed by atoms with Crippen LogP contribution in [0.1, 0.15) is 5.69 Å². The summed E-state index contributed by atoms with van der Waals surface area (Å²) in [5, 5.41) is 0.301. The first-order chi connectivity index (χ1) is 5.74. The van der Waals surface area contributed by atoms with Crippen LogP contribution in [0.15, 0.2) is 12.3 Å². The third-order valence-electron chi connectivity index (χ3n) is 1.18. The Morgan fingerprint density at radius 3 is 3.00 bits per heavy atom. The highest BCUT2D eigenvalue weighted by atomic mass is 35.5. The molecular weight excluding hydrogens is 194 g/mol. The maximum absolute atomic E-state index is 5.56. The molecule has 0 spiro atoms. The van der Waals surface area contributed by atoms with Gasteiger partial charge in [0.2, 0.25) is 0 Å². The van der Waals surface area contributed by atoms with Crippen molar-refractivity contribution in [1.82, 2.24) is 9.97 Å². The standard InChI is InChI=1S/C7H8ClN3S/c8-6-4-10-5(2-1-3-12)7(9)11-6/h1-2,4,12H,3H2,(H2,9,11). The molecule has 0 aromatic carbocycles. The molecule has 0 aliphatic heterocycles. The molecule has 2 N–H and O–H groups in total. The average molecular weight is 202 g/mol. The highest BCUT2D eigenvalue weighted by Crippen LogP contribution is 2.10. The SMILES string of the molecule is Nc1nc(Cl)cnc1C=CCS. The van der Waals surface area contributed by atoms with Gasteiger partial charge in [-0.3, -0.25) is 0 Å². The number of nitrogens with two attached hydrogens (primary N) is 1. The van der Waals surface area contributed by atoms with Gasteiger partial charge in [-0.1, -0.05) is 17.7 Å². The van der Waals surface area contributed by atoms with E-state index < -0.39 is 0 Å². The molecule has 1 heterocycles. The maximum Gasteiger partial charge on any atom is 0.151 e. The molecule has 0 saturated heterocycles. The number of aromatic nitrogens is 2. The van der Waals surface area contributed by atoms with Crippen molar-refractivity contribution >= 4 is 36.1 Å². The summed E-state index contributed by atoms with van der Waals surface area (Å²) in [4.78, 5) is 7.81. The monoisotopic (exact) mass is 201 g/mol. The fourth-order valence-electron chi connectivity index (χ4n) is 0.683. The van der Waals surface area contributed by atoms with Crippen molar-refractivity contribution in [1.29, 1.82) is 0 Å². The van der Waals surface area contributed by atoms with Gasteiger partial charge >= 0.3 is 0 Å². The molecule has 0 unspecified atom stereocenters. The lowest BCUT2D eigenvalue weighted by Gasteiger charge is -1.97. The molecule has 0 aliphatic carbocycles. The topological polar surface area (TPSA) is 51.8 Å². The van der Waals surface area contributed by atoms with Crippen molar-refractivity contribution in [2.45, 2.75) is 0 Å². The van der Waals surface area contributed by atoms with E-state index in [4.69, 9.17) is 17.3 Å². The summed E-state index contributed by atoms with van der Waals surface area (Å²) in [6.07, 6.45) is 5.04. The van der Waals surface area contributed by atoms with Crippen molar-refractivity contribution in [2.75, 3.05) is 11.5 Å². The lowest BCUT2D eigenvalue weighted by Crippen LogP contribution is -1.96. The average Bonchev–Trinajstić information content (AvgIpc) is 2.03. The van der Waals surface area contributed by atoms with E-state index in [0.29, 0.717) is 22.4 Å². The number of hydrogen-bond donors (Lipinski definition) is 2. The molecule has 3 nitrogen and oxygen atoms in total. The summed E-state index contributed by atoms with van der Waals surface area (Å²) in [5.41, 5.74) is 6.15. The normalized spacial score (nSPS) is 10.8. The van der Waals surface area contributed by atoms with Crippen molar-refractivity contribution in [3.05, 3.63) is 23.1 Å². The molecule has 0 saturated carbocycles. The van der Waals surface area contributed by atoms with E-state index in [1.165, 1.54) is 6.20 Å². The Balaban J connectivity index is 2.94. The van der Waals surface area contributed by atoms with Crippen LogP contribution in [0.3, 0.4) is 0 Å². The first-order valence-corrected chi connectivity index (χ1v) is 4.30. The zero-order valence-corrected chi connectivity index (χ0v) is 7.89. The minimum atomic E-state index is 0.301. The summed E-state index contributed by atoms with van der Waals surface area (Å²) in [7, 11) is 0. The Morgan fingerprint density at radius 2 is 2.42 bits per heavy atom. The molecule has 0 atom stereocenters. The Kier molecular flexibility index (Phi) is 3.37. The van der Waals surface area contributed by atoms with Gasteiger partial charge in [-0.05, 0) is 6.08 Å². The minimum Gasteiger partial charge on any atom is -0.382 e. The van der Waals surface area contributed by atoms with Crippen molar-refractivity contribution in [3.8, 4) is 0 Å². The number of nitrogen functional groups attached to an aromatic ring is 1. The van der Waals surface area contributed by atoms with E-state index in [1.807, 2.05) is 6.08 Å². The number of hydrogen-bond acceptors (Lipinski definition) is 4. The number of anilines is 1. The van der Waals surface area contributed by atoms with Gasteiger partial charge in [0.05, 0.1) is 6.20 Å². The quantitative estimate of drug-likeness (QED) is 0.716. The molecular formula is C7H8ClN3S. The van der Waals surface area contributed by atoms with Gasteiger partial charge in [0.1, 0.15) is 10.8 Å². The maximum atomic E-state index is 5.56. The Morgan fingerprint density at radius 1 is 1.67 bits per heavy atom. The summed E-state index contributed by atoms with van der Waals surface area (Å²) in [6, 6.07) is 0. The molecule has 0 radical (unpaired) electrons. The first kappa shape index (κ1) is 9.35. The van der Waals surface area contributed by atoms with E-state index in [9.17, 15) is 0 Å². The molecule has 0 amide bonds. The van der Waals surface area contributed by atoms with E-state index in [2.05, 4.69) is 22.6 Å². The molecule has 1 aromatic rings. The first-order valence-electron chi connectivity index (χ1n) is 3.29. The van der Waals surface area contributed by atoms with Crippen LogP contribution in [0, 0.1) is 0 Å². The smallest absolute Gasteiger partial charge is 0.151 e. The van der Waals surface area contributed by atoms with Crippen molar-refractivity contribution in [2.24, 2.45) is 0 Å². The summed E-state index contributed by atoms with van der Waals surface area (Å²) >= 11 is 9.56. The Bertz CT molecular complexity index is 301. The molecule has 0 aliphatic rings. The summed E-state index contributed by atoms with van der Waals surface area (Å²) < 4.78 is 0. The number of rotatable bonds is 2. The van der Waals surface area contributed by atoms with Crippen LogP contribution < -0.4 is 5.73 Å². The van der Waals surface area contributed by atoms with Crippen molar-refractivity contribution in [3.63, 3.8) is 0 Å². The fraction of sp³-hybridized carbons (Fsp3) is 0.143. The molecule has 1 rings (SSSR count). The second-order valence-electron chi connectivity index (χ2n) is 2.05. The summed E-state index contributed by atoms with van der Waals surface area (Å²) in [5.74, 6) is 0.976. The van der Waals surface area contributed by atoms with Gasteiger partial charge in [0.15, 0.2) is 5.82 Å². The Hall–Kier alpha value is -0.740. The van der Waals surface area contributed by atoms with E-state index in [-0.39, 0.29) is 0 Å². The second-order valence-corrected chi connectivity index (χ2v) is 2.80. The van der Waals surface area contributed by atoms with Crippen LogP contribution in [0.5, 0.6) is 0 Å². The highest BCUT2D eigenvalue weighted by molar-refractivity contribution is 7.80. The van der Waals surface area contributed by atoms with Gasteiger partial charge in [-0.25, -0.2) is 9.97 Å². The zero-order chi connectivity index (χ0) is 8.97. The van der Waals surface area contributed by atoms with Crippen LogP contribution in [0.25, 0.3) is 6.08 Å². The minimum absolute atomic E-state index is 0.301. The third-order valence-corrected chi connectivity index (χ3v) is 1.57. The van der Waals surface area contributed by atoms with Crippen LogP contribution in [-0.2, 0) is 0 Å². The second kappa shape index (κ2) is 4.33. The lowest BCUT2D eigenvalue weighted by molar-refractivity contribution is 1.19. The lowest BCUT2D eigenvalue weighted by atomic mass is 10.4.